The van der Waals surface area contributed by atoms with E-state index < -0.39 is 0 Å². The zero-order valence-corrected chi connectivity index (χ0v) is 9.59. The molecule has 0 unspecified atom stereocenters. The Hall–Kier alpha value is -2.47. The van der Waals surface area contributed by atoms with Gasteiger partial charge in [-0.3, -0.25) is 0 Å². The van der Waals surface area contributed by atoms with Crippen molar-refractivity contribution in [2.75, 3.05) is 5.32 Å². The van der Waals surface area contributed by atoms with Gasteiger partial charge in [0.25, 0.3) is 0 Å². The number of nitrogens with one attached hydrogen (secondary N) is 2. The van der Waals surface area contributed by atoms with Crippen LogP contribution < -0.4 is 11.1 Å². The topological polar surface area (TPSA) is 92.5 Å². The van der Waals surface area contributed by atoms with Gasteiger partial charge < -0.3 is 16.0 Å². The van der Waals surface area contributed by atoms with Crippen molar-refractivity contribution in [1.29, 1.82) is 0 Å². The van der Waals surface area contributed by atoms with Crippen LogP contribution in [0.1, 0.15) is 5.56 Å². The molecule has 2 aromatic heterocycles. The van der Waals surface area contributed by atoms with Crippen molar-refractivity contribution in [1.82, 2.24) is 19.9 Å². The normalized spacial score (nSPS) is 10.7. The van der Waals surface area contributed by atoms with Gasteiger partial charge in [0.15, 0.2) is 11.5 Å². The van der Waals surface area contributed by atoms with Gasteiger partial charge in [-0.05, 0) is 17.7 Å². The molecule has 0 spiro atoms. The van der Waals surface area contributed by atoms with E-state index in [1.807, 2.05) is 24.3 Å². The van der Waals surface area contributed by atoms with E-state index in [-0.39, 0.29) is 0 Å². The van der Waals surface area contributed by atoms with E-state index in [0.29, 0.717) is 18.0 Å². The largest absolute Gasteiger partial charge is 0.340 e. The van der Waals surface area contributed by atoms with Crippen molar-refractivity contribution >= 4 is 22.7 Å². The molecule has 2 heterocycles. The van der Waals surface area contributed by atoms with Crippen LogP contribution in [0.5, 0.6) is 0 Å². The predicted octanol–water partition coefficient (Wildman–Crippen LogP) is 1.56. The van der Waals surface area contributed by atoms with Crippen molar-refractivity contribution in [2.24, 2.45) is 5.73 Å². The molecule has 0 aliphatic rings. The fraction of sp³-hybridized carbons (Fsp3) is 0.0833. The van der Waals surface area contributed by atoms with Crippen LogP contribution in [0.4, 0.5) is 11.5 Å². The maximum absolute atomic E-state index is 5.62. The van der Waals surface area contributed by atoms with Crippen molar-refractivity contribution < 1.29 is 0 Å². The molecule has 0 aliphatic heterocycles. The summed E-state index contributed by atoms with van der Waals surface area (Å²) >= 11 is 0. The minimum Gasteiger partial charge on any atom is -0.340 e. The number of rotatable bonds is 3. The fourth-order valence-corrected chi connectivity index (χ4v) is 1.77. The molecule has 90 valence electrons. The van der Waals surface area contributed by atoms with Gasteiger partial charge >= 0.3 is 0 Å². The Morgan fingerprint density at radius 3 is 3.06 bits per heavy atom. The van der Waals surface area contributed by atoms with Crippen LogP contribution in [-0.2, 0) is 6.54 Å². The molecule has 0 atom stereocenters. The lowest BCUT2D eigenvalue weighted by molar-refractivity contribution is 1.07. The summed E-state index contributed by atoms with van der Waals surface area (Å²) in [7, 11) is 0. The Morgan fingerprint density at radius 2 is 2.17 bits per heavy atom. The summed E-state index contributed by atoms with van der Waals surface area (Å²) < 4.78 is 0. The molecule has 0 aliphatic carbocycles. The minimum atomic E-state index is 0.513. The second-order valence-corrected chi connectivity index (χ2v) is 3.85. The molecule has 6 nitrogen and oxygen atoms in total. The Morgan fingerprint density at radius 1 is 1.22 bits per heavy atom. The number of anilines is 2. The summed E-state index contributed by atoms with van der Waals surface area (Å²) in [4.78, 5) is 15.4. The van der Waals surface area contributed by atoms with Gasteiger partial charge in [0, 0.05) is 12.2 Å². The smallest absolute Gasteiger partial charge is 0.182 e. The quantitative estimate of drug-likeness (QED) is 0.646. The third kappa shape index (κ3) is 1.89. The van der Waals surface area contributed by atoms with Crippen molar-refractivity contribution in [2.45, 2.75) is 6.54 Å². The number of hydrogen-bond acceptors (Lipinski definition) is 5. The van der Waals surface area contributed by atoms with Gasteiger partial charge in [0.2, 0.25) is 0 Å². The molecule has 3 rings (SSSR count). The monoisotopic (exact) mass is 240 g/mol. The SMILES string of the molecule is NCc1cccc(Nc2ncnc3nc[nH]c23)c1. The lowest BCUT2D eigenvalue weighted by Gasteiger charge is -2.07. The molecule has 3 aromatic rings. The highest BCUT2D eigenvalue weighted by Gasteiger charge is 2.05. The van der Waals surface area contributed by atoms with Crippen LogP contribution >= 0.6 is 0 Å². The van der Waals surface area contributed by atoms with Gasteiger partial charge in [0.05, 0.1) is 6.33 Å². The molecule has 4 N–H and O–H groups in total. The van der Waals surface area contributed by atoms with Gasteiger partial charge in [-0.25, -0.2) is 15.0 Å². The predicted molar refractivity (Wildman–Crippen MR) is 69.3 cm³/mol. The number of benzene rings is 1. The Bertz CT molecular complexity index is 675. The minimum absolute atomic E-state index is 0.513. The van der Waals surface area contributed by atoms with E-state index in [1.54, 1.807) is 6.33 Å². The van der Waals surface area contributed by atoms with E-state index in [2.05, 4.69) is 25.3 Å². The molecule has 0 saturated heterocycles. The number of aromatic amines is 1. The molecule has 0 fully saturated rings. The number of fused-ring (bicyclic) bond motifs is 1. The summed E-state index contributed by atoms with van der Waals surface area (Å²) in [6.07, 6.45) is 3.08. The molecule has 1 aromatic carbocycles. The zero-order chi connectivity index (χ0) is 12.4. The second-order valence-electron chi connectivity index (χ2n) is 3.85. The first-order valence-electron chi connectivity index (χ1n) is 5.57. The van der Waals surface area contributed by atoms with Crippen LogP contribution in [0.25, 0.3) is 11.2 Å². The summed E-state index contributed by atoms with van der Waals surface area (Å²) in [5.41, 5.74) is 9.05. The summed E-state index contributed by atoms with van der Waals surface area (Å²) in [5.74, 6) is 0.701. The standard InChI is InChI=1S/C12H12N6/c13-5-8-2-1-3-9(4-8)18-12-10-11(15-6-14-10)16-7-17-12/h1-4,6-7H,5,13H2,(H2,14,15,16,17,18). The van der Waals surface area contributed by atoms with Crippen LogP contribution in [0.3, 0.4) is 0 Å². The lowest BCUT2D eigenvalue weighted by atomic mass is 10.2. The van der Waals surface area contributed by atoms with Gasteiger partial charge in [-0.2, -0.15) is 0 Å². The highest BCUT2D eigenvalue weighted by molar-refractivity contribution is 5.84. The highest BCUT2D eigenvalue weighted by atomic mass is 15.1. The Kier molecular flexibility index (Phi) is 2.62. The van der Waals surface area contributed by atoms with Gasteiger partial charge in [-0.1, -0.05) is 12.1 Å². The number of aromatic nitrogens is 4. The Balaban J connectivity index is 1.98. The molecule has 18 heavy (non-hydrogen) atoms. The first kappa shape index (κ1) is 10.7. The number of nitrogens with two attached hydrogens (primary N) is 1. The average Bonchev–Trinajstić information content (AvgIpc) is 2.88. The molecule has 0 radical (unpaired) electrons. The third-order valence-corrected chi connectivity index (χ3v) is 2.65. The van der Waals surface area contributed by atoms with E-state index in [4.69, 9.17) is 5.73 Å². The maximum Gasteiger partial charge on any atom is 0.182 e. The molecule has 0 saturated carbocycles. The van der Waals surface area contributed by atoms with Crippen molar-refractivity contribution in [3.63, 3.8) is 0 Å². The van der Waals surface area contributed by atoms with Crippen LogP contribution in [0, 0.1) is 0 Å². The first-order valence-corrected chi connectivity index (χ1v) is 5.57. The van der Waals surface area contributed by atoms with E-state index >= 15 is 0 Å². The summed E-state index contributed by atoms with van der Waals surface area (Å²) in [6, 6.07) is 7.89. The summed E-state index contributed by atoms with van der Waals surface area (Å²) in [6.45, 7) is 0.513. The second kappa shape index (κ2) is 4.42. The van der Waals surface area contributed by atoms with Gasteiger partial charge in [0.1, 0.15) is 11.8 Å². The van der Waals surface area contributed by atoms with Crippen molar-refractivity contribution in [3.8, 4) is 0 Å². The van der Waals surface area contributed by atoms with Crippen LogP contribution in [0.15, 0.2) is 36.9 Å². The Labute approximate surface area is 103 Å². The number of imidazole rings is 1. The molecular weight excluding hydrogens is 228 g/mol. The molecular formula is C12H12N6. The average molecular weight is 240 g/mol. The van der Waals surface area contributed by atoms with Crippen LogP contribution in [0.2, 0.25) is 0 Å². The number of nitrogens with zero attached hydrogens (tertiary/aromatic N) is 3. The van der Waals surface area contributed by atoms with Crippen molar-refractivity contribution in [3.05, 3.63) is 42.5 Å². The van der Waals surface area contributed by atoms with E-state index in [1.165, 1.54) is 6.33 Å². The zero-order valence-electron chi connectivity index (χ0n) is 9.59. The fourth-order valence-electron chi connectivity index (χ4n) is 1.77. The maximum atomic E-state index is 5.62. The third-order valence-electron chi connectivity index (χ3n) is 2.65. The van der Waals surface area contributed by atoms with Gasteiger partial charge in [-0.15, -0.1) is 0 Å². The highest BCUT2D eigenvalue weighted by Crippen LogP contribution is 2.20. The number of H-pyrrole nitrogens is 1. The first-order chi connectivity index (χ1) is 8.86. The van der Waals surface area contributed by atoms with E-state index in [0.717, 1.165) is 16.8 Å². The molecule has 0 amide bonds. The molecule has 0 bridgehead atoms. The lowest BCUT2D eigenvalue weighted by Crippen LogP contribution is -1.99. The number of hydrogen-bond donors (Lipinski definition) is 3. The molecule has 6 heteroatoms. The summed E-state index contributed by atoms with van der Waals surface area (Å²) in [5, 5.41) is 3.23. The van der Waals surface area contributed by atoms with Crippen LogP contribution in [-0.4, -0.2) is 19.9 Å². The van der Waals surface area contributed by atoms with E-state index in [9.17, 15) is 0 Å².